The van der Waals surface area contributed by atoms with Crippen LogP contribution in [0.15, 0.2) is 29.8 Å². The number of likely N-dealkylation sites (N-methyl/N-ethyl adjacent to an activating group) is 1. The highest BCUT2D eigenvalue weighted by atomic mass is 19.2. The van der Waals surface area contributed by atoms with E-state index in [-0.39, 0.29) is 6.04 Å². The molecule has 82 valence electrons. The molecule has 1 unspecified atom stereocenters. The van der Waals surface area contributed by atoms with Crippen LogP contribution in [-0.2, 0) is 0 Å². The van der Waals surface area contributed by atoms with Crippen LogP contribution in [0.25, 0.3) is 0 Å². The zero-order chi connectivity index (χ0) is 11.4. The van der Waals surface area contributed by atoms with Gasteiger partial charge < -0.3 is 5.32 Å². The number of rotatable bonds is 3. The number of hydrogen-bond donors (Lipinski definition) is 1. The molecule has 0 aromatic heterocycles. The van der Waals surface area contributed by atoms with Gasteiger partial charge in [-0.2, -0.15) is 0 Å². The maximum Gasteiger partial charge on any atom is 0.163 e. The summed E-state index contributed by atoms with van der Waals surface area (Å²) in [5.74, 6) is -1.59. The molecule has 0 amide bonds. The monoisotopic (exact) mass is 211 g/mol. The van der Waals surface area contributed by atoms with Crippen LogP contribution in [0.3, 0.4) is 0 Å². The maximum absolute atomic E-state index is 13.4. The largest absolute Gasteiger partial charge is 0.310 e. The smallest absolute Gasteiger partial charge is 0.163 e. The Morgan fingerprint density at radius 2 is 2.00 bits per heavy atom. The number of benzene rings is 1. The van der Waals surface area contributed by atoms with Crippen LogP contribution in [0.5, 0.6) is 0 Å². The van der Waals surface area contributed by atoms with E-state index in [4.69, 9.17) is 0 Å². The average Bonchev–Trinajstić information content (AvgIpc) is 2.19. The minimum absolute atomic E-state index is 0.286. The van der Waals surface area contributed by atoms with Crippen molar-refractivity contribution in [1.82, 2.24) is 5.32 Å². The van der Waals surface area contributed by atoms with Gasteiger partial charge >= 0.3 is 0 Å². The summed E-state index contributed by atoms with van der Waals surface area (Å²) in [5, 5.41) is 2.93. The van der Waals surface area contributed by atoms with Crippen LogP contribution < -0.4 is 5.32 Å². The molecule has 0 saturated heterocycles. The molecule has 0 bridgehead atoms. The molecule has 1 nitrogen and oxygen atoms in total. The van der Waals surface area contributed by atoms with Crippen LogP contribution in [-0.4, -0.2) is 7.05 Å². The van der Waals surface area contributed by atoms with Crippen LogP contribution in [0.4, 0.5) is 8.78 Å². The van der Waals surface area contributed by atoms with Crippen molar-refractivity contribution in [2.45, 2.75) is 19.9 Å². The normalized spacial score (nSPS) is 12.3. The highest BCUT2D eigenvalue weighted by Gasteiger charge is 2.14. The van der Waals surface area contributed by atoms with Gasteiger partial charge in [0.05, 0.1) is 6.04 Å². The van der Waals surface area contributed by atoms with Crippen molar-refractivity contribution in [1.29, 1.82) is 0 Å². The fourth-order valence-electron chi connectivity index (χ4n) is 1.42. The predicted molar refractivity (Wildman–Crippen MR) is 57.6 cm³/mol. The summed E-state index contributed by atoms with van der Waals surface area (Å²) in [6.07, 6.45) is 1.86. The van der Waals surface area contributed by atoms with E-state index < -0.39 is 11.6 Å². The lowest BCUT2D eigenvalue weighted by Crippen LogP contribution is -2.16. The minimum atomic E-state index is -0.810. The quantitative estimate of drug-likeness (QED) is 0.757. The van der Waals surface area contributed by atoms with Gasteiger partial charge in [-0.25, -0.2) is 8.78 Å². The Balaban J connectivity index is 3.13. The van der Waals surface area contributed by atoms with E-state index in [9.17, 15) is 8.78 Å². The Bertz CT molecular complexity index is 368. The Kier molecular flexibility index (Phi) is 3.97. The van der Waals surface area contributed by atoms with Crippen molar-refractivity contribution in [3.8, 4) is 0 Å². The lowest BCUT2D eigenvalue weighted by atomic mass is 10.0. The fraction of sp³-hybridized carbons (Fsp3) is 0.333. The highest BCUT2D eigenvalue weighted by Crippen LogP contribution is 2.21. The van der Waals surface area contributed by atoms with Crippen LogP contribution in [0, 0.1) is 11.6 Å². The maximum atomic E-state index is 13.4. The molecule has 1 N–H and O–H groups in total. The molecular formula is C12H15F2N. The molecule has 0 aliphatic rings. The average molecular weight is 211 g/mol. The van der Waals surface area contributed by atoms with Gasteiger partial charge in [0.15, 0.2) is 11.6 Å². The molecule has 0 fully saturated rings. The van der Waals surface area contributed by atoms with Crippen molar-refractivity contribution in [3.05, 3.63) is 47.0 Å². The minimum Gasteiger partial charge on any atom is -0.310 e. The van der Waals surface area contributed by atoms with Gasteiger partial charge in [-0.15, -0.1) is 0 Å². The molecule has 1 aromatic carbocycles. The standard InChI is InChI=1S/C12H15F2N/c1-8(2)7-11(15-3)9-5-4-6-10(13)12(9)14/h4-7,11,15H,1-3H3. The van der Waals surface area contributed by atoms with Crippen LogP contribution in [0.1, 0.15) is 25.5 Å². The van der Waals surface area contributed by atoms with E-state index in [0.717, 1.165) is 11.6 Å². The van der Waals surface area contributed by atoms with Gasteiger partial charge in [-0.1, -0.05) is 23.8 Å². The van der Waals surface area contributed by atoms with Gasteiger partial charge in [0.25, 0.3) is 0 Å². The van der Waals surface area contributed by atoms with E-state index in [1.165, 1.54) is 6.07 Å². The molecule has 1 atom stereocenters. The van der Waals surface area contributed by atoms with Crippen molar-refractivity contribution in [3.63, 3.8) is 0 Å². The summed E-state index contributed by atoms with van der Waals surface area (Å²) in [5.41, 5.74) is 1.39. The first-order valence-electron chi connectivity index (χ1n) is 4.82. The number of halogens is 2. The van der Waals surface area contributed by atoms with Crippen molar-refractivity contribution < 1.29 is 8.78 Å². The molecule has 0 heterocycles. The second kappa shape index (κ2) is 5.03. The molecular weight excluding hydrogens is 196 g/mol. The van der Waals surface area contributed by atoms with Gasteiger partial charge in [0, 0.05) is 5.56 Å². The fourth-order valence-corrected chi connectivity index (χ4v) is 1.42. The highest BCUT2D eigenvalue weighted by molar-refractivity contribution is 5.26. The Hall–Kier alpha value is -1.22. The second-order valence-electron chi connectivity index (χ2n) is 3.65. The Morgan fingerprint density at radius 1 is 1.33 bits per heavy atom. The van der Waals surface area contributed by atoms with E-state index in [2.05, 4.69) is 5.32 Å². The summed E-state index contributed by atoms with van der Waals surface area (Å²) in [4.78, 5) is 0. The number of allylic oxidation sites excluding steroid dienone is 1. The Morgan fingerprint density at radius 3 is 2.53 bits per heavy atom. The molecule has 1 aromatic rings. The number of nitrogens with one attached hydrogen (secondary N) is 1. The molecule has 0 radical (unpaired) electrons. The lowest BCUT2D eigenvalue weighted by molar-refractivity contribution is 0.489. The van der Waals surface area contributed by atoms with Crippen LogP contribution in [0.2, 0.25) is 0 Å². The number of hydrogen-bond acceptors (Lipinski definition) is 1. The molecule has 0 saturated carbocycles. The van der Waals surface area contributed by atoms with Gasteiger partial charge in [-0.05, 0) is 27.0 Å². The summed E-state index contributed by atoms with van der Waals surface area (Å²) >= 11 is 0. The first kappa shape index (κ1) is 11.9. The topological polar surface area (TPSA) is 12.0 Å². The van der Waals surface area contributed by atoms with Crippen molar-refractivity contribution in [2.24, 2.45) is 0 Å². The third-order valence-electron chi connectivity index (χ3n) is 2.13. The molecule has 0 aliphatic carbocycles. The van der Waals surface area contributed by atoms with Gasteiger partial charge in [0.2, 0.25) is 0 Å². The summed E-state index contributed by atoms with van der Waals surface area (Å²) in [6, 6.07) is 3.93. The lowest BCUT2D eigenvalue weighted by Gasteiger charge is -2.14. The first-order valence-corrected chi connectivity index (χ1v) is 4.82. The van der Waals surface area contributed by atoms with Crippen LogP contribution >= 0.6 is 0 Å². The predicted octanol–water partition coefficient (Wildman–Crippen LogP) is 3.19. The van der Waals surface area contributed by atoms with Gasteiger partial charge in [-0.3, -0.25) is 0 Å². The third-order valence-corrected chi connectivity index (χ3v) is 2.13. The van der Waals surface area contributed by atoms with Crippen molar-refractivity contribution >= 4 is 0 Å². The van der Waals surface area contributed by atoms with E-state index in [1.807, 2.05) is 19.9 Å². The third kappa shape index (κ3) is 2.86. The molecule has 0 spiro atoms. The van der Waals surface area contributed by atoms with E-state index in [0.29, 0.717) is 5.56 Å². The second-order valence-corrected chi connectivity index (χ2v) is 3.65. The van der Waals surface area contributed by atoms with E-state index >= 15 is 0 Å². The molecule has 15 heavy (non-hydrogen) atoms. The summed E-state index contributed by atoms with van der Waals surface area (Å²) < 4.78 is 26.4. The summed E-state index contributed by atoms with van der Waals surface area (Å²) in [7, 11) is 1.72. The molecule has 1 rings (SSSR count). The SMILES string of the molecule is CNC(C=C(C)C)c1cccc(F)c1F. The summed E-state index contributed by atoms with van der Waals surface area (Å²) in [6.45, 7) is 3.84. The first-order chi connectivity index (χ1) is 7.06. The van der Waals surface area contributed by atoms with E-state index in [1.54, 1.807) is 13.1 Å². The zero-order valence-corrected chi connectivity index (χ0v) is 9.14. The molecule has 0 aliphatic heterocycles. The molecule has 3 heteroatoms. The van der Waals surface area contributed by atoms with Crippen molar-refractivity contribution in [2.75, 3.05) is 7.05 Å². The van der Waals surface area contributed by atoms with Gasteiger partial charge in [0.1, 0.15) is 0 Å². The Labute approximate surface area is 88.8 Å². The zero-order valence-electron chi connectivity index (χ0n) is 9.14.